The van der Waals surface area contributed by atoms with Crippen LogP contribution in [-0.2, 0) is 0 Å². The molecule has 3 aromatic carbocycles. The summed E-state index contributed by atoms with van der Waals surface area (Å²) in [6, 6.07) is 22.5. The Hall–Kier alpha value is -3.66. The topological polar surface area (TPSA) is 52.3 Å². The van der Waals surface area contributed by atoms with Gasteiger partial charge in [0.15, 0.2) is 11.4 Å². The molecule has 0 aliphatic heterocycles. The van der Waals surface area contributed by atoms with Crippen LogP contribution >= 0.6 is 0 Å². The van der Waals surface area contributed by atoms with Gasteiger partial charge in [0, 0.05) is 5.56 Å². The molecular weight excluding hydrogens is 350 g/mol. The lowest BCUT2D eigenvalue weighted by atomic mass is 10.0. The third kappa shape index (κ3) is 3.58. The van der Waals surface area contributed by atoms with Crippen molar-refractivity contribution in [1.29, 1.82) is 0 Å². The number of fused-ring (bicyclic) bond motifs is 1. The number of rotatable bonds is 5. The SMILES string of the molecule is COc1ccc(C(=O)/C(=C/c2ccc(C)cc2)c2nc3ccccc3o2)cc1. The first kappa shape index (κ1) is 17.7. The van der Waals surface area contributed by atoms with Crippen LogP contribution in [0.1, 0.15) is 27.4 Å². The van der Waals surface area contributed by atoms with Crippen molar-refractivity contribution in [2.24, 2.45) is 0 Å². The molecule has 1 aromatic heterocycles. The van der Waals surface area contributed by atoms with Crippen LogP contribution in [0.15, 0.2) is 77.2 Å². The lowest BCUT2D eigenvalue weighted by Crippen LogP contribution is -2.03. The van der Waals surface area contributed by atoms with Gasteiger partial charge in [0.1, 0.15) is 11.3 Å². The van der Waals surface area contributed by atoms with Crippen LogP contribution in [0.4, 0.5) is 0 Å². The summed E-state index contributed by atoms with van der Waals surface area (Å²) in [7, 11) is 1.60. The Bertz CT molecular complexity index is 1120. The van der Waals surface area contributed by atoms with Crippen LogP contribution in [0, 0.1) is 6.92 Å². The number of ether oxygens (including phenoxy) is 1. The number of carbonyl (C=O) groups excluding carboxylic acids is 1. The summed E-state index contributed by atoms with van der Waals surface area (Å²) in [4.78, 5) is 17.8. The number of oxazole rings is 1. The normalized spacial score (nSPS) is 11.6. The maximum absolute atomic E-state index is 13.3. The van der Waals surface area contributed by atoms with Crippen molar-refractivity contribution in [3.63, 3.8) is 0 Å². The Morgan fingerprint density at radius 2 is 1.68 bits per heavy atom. The zero-order valence-corrected chi connectivity index (χ0v) is 15.7. The predicted octanol–water partition coefficient (Wildman–Crippen LogP) is 5.57. The standard InChI is InChI=1S/C24H19NO3/c1-16-7-9-17(10-8-16)15-20(23(26)18-11-13-19(27-2)14-12-18)24-25-21-5-3-4-6-22(21)28-24/h3-15H,1-2H3/b20-15-. The Morgan fingerprint density at radius 1 is 0.964 bits per heavy atom. The number of nitrogens with zero attached hydrogens (tertiary/aromatic N) is 1. The van der Waals surface area contributed by atoms with E-state index < -0.39 is 0 Å². The summed E-state index contributed by atoms with van der Waals surface area (Å²) in [5, 5.41) is 0. The van der Waals surface area contributed by atoms with Crippen molar-refractivity contribution in [1.82, 2.24) is 4.98 Å². The van der Waals surface area contributed by atoms with Crippen LogP contribution in [0.25, 0.3) is 22.7 Å². The van der Waals surface area contributed by atoms with Gasteiger partial charge in [0.2, 0.25) is 5.89 Å². The number of aromatic nitrogens is 1. The van der Waals surface area contributed by atoms with E-state index in [-0.39, 0.29) is 5.78 Å². The van der Waals surface area contributed by atoms with E-state index in [9.17, 15) is 4.79 Å². The Kier molecular flexibility index (Phi) is 4.77. The zero-order chi connectivity index (χ0) is 19.5. The van der Waals surface area contributed by atoms with Crippen molar-refractivity contribution >= 4 is 28.5 Å². The minimum absolute atomic E-state index is 0.158. The number of allylic oxidation sites excluding steroid dienone is 1. The molecule has 0 spiro atoms. The fourth-order valence-corrected chi connectivity index (χ4v) is 2.94. The van der Waals surface area contributed by atoms with Gasteiger partial charge >= 0.3 is 0 Å². The summed E-state index contributed by atoms with van der Waals surface area (Å²) in [6.07, 6.45) is 1.82. The molecule has 0 saturated carbocycles. The molecule has 28 heavy (non-hydrogen) atoms. The second-order valence-corrected chi connectivity index (χ2v) is 6.51. The summed E-state index contributed by atoms with van der Waals surface area (Å²) in [5.41, 5.74) is 4.38. The van der Waals surface area contributed by atoms with E-state index in [1.165, 1.54) is 0 Å². The van der Waals surface area contributed by atoms with Gasteiger partial charge in [-0.05, 0) is 55.0 Å². The zero-order valence-electron chi connectivity index (χ0n) is 15.7. The molecule has 0 aliphatic carbocycles. The number of para-hydroxylation sites is 2. The van der Waals surface area contributed by atoms with E-state index in [4.69, 9.17) is 9.15 Å². The smallest absolute Gasteiger partial charge is 0.231 e. The summed E-state index contributed by atoms with van der Waals surface area (Å²) >= 11 is 0. The molecule has 4 heteroatoms. The second-order valence-electron chi connectivity index (χ2n) is 6.51. The molecular formula is C24H19NO3. The lowest BCUT2D eigenvalue weighted by molar-refractivity contribution is 0.105. The van der Waals surface area contributed by atoms with E-state index in [2.05, 4.69) is 4.98 Å². The molecule has 0 saturated heterocycles. The molecule has 1 heterocycles. The van der Waals surface area contributed by atoms with E-state index in [1.54, 1.807) is 31.4 Å². The largest absolute Gasteiger partial charge is 0.497 e. The first-order valence-corrected chi connectivity index (χ1v) is 8.97. The molecule has 0 radical (unpaired) electrons. The molecule has 0 unspecified atom stereocenters. The molecule has 0 amide bonds. The number of hydrogen-bond acceptors (Lipinski definition) is 4. The first-order chi connectivity index (χ1) is 13.6. The number of benzene rings is 3. The summed E-state index contributed by atoms with van der Waals surface area (Å²) in [5.74, 6) is 0.847. The highest BCUT2D eigenvalue weighted by atomic mass is 16.5. The van der Waals surface area contributed by atoms with Crippen molar-refractivity contribution in [3.8, 4) is 5.75 Å². The molecule has 4 nitrogen and oxygen atoms in total. The fraction of sp³-hybridized carbons (Fsp3) is 0.0833. The van der Waals surface area contributed by atoms with Crippen molar-refractivity contribution < 1.29 is 13.9 Å². The number of Topliss-reactive ketones (excluding diaryl/α,β-unsaturated/α-hetero) is 1. The van der Waals surface area contributed by atoms with Gasteiger partial charge in [-0.3, -0.25) is 4.79 Å². The van der Waals surface area contributed by atoms with Gasteiger partial charge in [0.25, 0.3) is 0 Å². The maximum Gasteiger partial charge on any atom is 0.231 e. The average molecular weight is 369 g/mol. The Labute approximate surface area is 163 Å². The van der Waals surface area contributed by atoms with Gasteiger partial charge in [0.05, 0.1) is 12.7 Å². The molecule has 138 valence electrons. The van der Waals surface area contributed by atoms with E-state index >= 15 is 0 Å². The Morgan fingerprint density at radius 3 is 2.36 bits per heavy atom. The number of ketones is 1. The number of methoxy groups -OCH3 is 1. The highest BCUT2D eigenvalue weighted by Crippen LogP contribution is 2.27. The van der Waals surface area contributed by atoms with Gasteiger partial charge in [-0.15, -0.1) is 0 Å². The summed E-state index contributed by atoms with van der Waals surface area (Å²) in [6.45, 7) is 2.03. The van der Waals surface area contributed by atoms with Gasteiger partial charge in [-0.1, -0.05) is 42.0 Å². The van der Waals surface area contributed by atoms with Crippen molar-refractivity contribution in [2.45, 2.75) is 6.92 Å². The van der Waals surface area contributed by atoms with Crippen LogP contribution in [0.3, 0.4) is 0 Å². The molecule has 0 aliphatic rings. The van der Waals surface area contributed by atoms with Crippen molar-refractivity contribution in [2.75, 3.05) is 7.11 Å². The molecule has 0 bridgehead atoms. The molecule has 0 N–H and O–H groups in total. The second kappa shape index (κ2) is 7.53. The average Bonchev–Trinajstić information content (AvgIpc) is 3.17. The minimum Gasteiger partial charge on any atom is -0.497 e. The molecule has 0 fully saturated rings. The Balaban J connectivity index is 1.82. The van der Waals surface area contributed by atoms with E-state index in [1.807, 2.05) is 61.5 Å². The first-order valence-electron chi connectivity index (χ1n) is 8.97. The van der Waals surface area contributed by atoms with E-state index in [0.29, 0.717) is 28.4 Å². The number of hydrogen-bond donors (Lipinski definition) is 0. The third-order valence-electron chi connectivity index (χ3n) is 4.51. The highest BCUT2D eigenvalue weighted by Gasteiger charge is 2.20. The minimum atomic E-state index is -0.158. The van der Waals surface area contributed by atoms with Gasteiger partial charge < -0.3 is 9.15 Å². The van der Waals surface area contributed by atoms with Crippen LogP contribution in [-0.4, -0.2) is 17.9 Å². The van der Waals surface area contributed by atoms with Crippen LogP contribution in [0.2, 0.25) is 0 Å². The highest BCUT2D eigenvalue weighted by molar-refractivity contribution is 6.31. The predicted molar refractivity (Wildman–Crippen MR) is 110 cm³/mol. The number of carbonyl (C=O) groups is 1. The molecule has 4 aromatic rings. The lowest BCUT2D eigenvalue weighted by Gasteiger charge is -2.06. The van der Waals surface area contributed by atoms with E-state index in [0.717, 1.165) is 16.6 Å². The fourth-order valence-electron chi connectivity index (χ4n) is 2.94. The van der Waals surface area contributed by atoms with Crippen LogP contribution in [0.5, 0.6) is 5.75 Å². The molecule has 0 atom stereocenters. The van der Waals surface area contributed by atoms with Crippen LogP contribution < -0.4 is 4.74 Å². The maximum atomic E-state index is 13.3. The summed E-state index contributed by atoms with van der Waals surface area (Å²) < 4.78 is 11.1. The molecule has 4 rings (SSSR count). The van der Waals surface area contributed by atoms with Gasteiger partial charge in [-0.25, -0.2) is 4.98 Å². The quantitative estimate of drug-likeness (QED) is 0.341. The van der Waals surface area contributed by atoms with Gasteiger partial charge in [-0.2, -0.15) is 0 Å². The number of aryl methyl sites for hydroxylation is 1. The third-order valence-corrected chi connectivity index (χ3v) is 4.51. The monoisotopic (exact) mass is 369 g/mol. The van der Waals surface area contributed by atoms with Crippen molar-refractivity contribution in [3.05, 3.63) is 95.4 Å².